The standard InChI is InChI=1S/C14H13IN4O6S/c1-7-3-4-8(12(20)21)9(5-7)26(23,24)19-14(22)18-13-16-10(15)6-11(17-13)25-2/h3-6H,1-2H3,(H,20,21)(H2,16,17,18,19,22). The van der Waals surface area contributed by atoms with E-state index in [1.165, 1.54) is 19.2 Å². The van der Waals surface area contributed by atoms with Crippen molar-refractivity contribution < 1.29 is 27.9 Å². The highest BCUT2D eigenvalue weighted by molar-refractivity contribution is 14.1. The Morgan fingerprint density at radius 1 is 1.23 bits per heavy atom. The zero-order valence-corrected chi connectivity index (χ0v) is 16.5. The number of carbonyl (C=O) groups is 2. The fourth-order valence-corrected chi connectivity index (χ4v) is 3.58. The van der Waals surface area contributed by atoms with E-state index in [1.54, 1.807) is 11.6 Å². The van der Waals surface area contributed by atoms with Gasteiger partial charge in [-0.3, -0.25) is 5.32 Å². The number of anilines is 1. The fraction of sp³-hybridized carbons (Fsp3) is 0.143. The van der Waals surface area contributed by atoms with Crippen LogP contribution in [-0.4, -0.2) is 42.6 Å². The lowest BCUT2D eigenvalue weighted by Gasteiger charge is -2.11. The molecule has 2 amide bonds. The number of urea groups is 1. The fourth-order valence-electron chi connectivity index (χ4n) is 1.89. The average molecular weight is 492 g/mol. The summed E-state index contributed by atoms with van der Waals surface area (Å²) in [6, 6.07) is 4.12. The molecule has 2 aromatic rings. The summed E-state index contributed by atoms with van der Waals surface area (Å²) in [5.74, 6) is -1.44. The van der Waals surface area contributed by atoms with E-state index in [-0.39, 0.29) is 11.8 Å². The second-order valence-electron chi connectivity index (χ2n) is 4.92. The van der Waals surface area contributed by atoms with Crippen LogP contribution in [-0.2, 0) is 10.0 Å². The van der Waals surface area contributed by atoms with Crippen LogP contribution in [0.4, 0.5) is 10.7 Å². The first-order valence-electron chi connectivity index (χ1n) is 6.88. The van der Waals surface area contributed by atoms with Gasteiger partial charge in [-0.25, -0.2) is 27.7 Å². The monoisotopic (exact) mass is 492 g/mol. The number of nitrogens with one attached hydrogen (secondary N) is 2. The number of benzene rings is 1. The molecule has 1 heterocycles. The summed E-state index contributed by atoms with van der Waals surface area (Å²) in [7, 11) is -3.06. The van der Waals surface area contributed by atoms with Gasteiger partial charge in [0.05, 0.1) is 12.7 Å². The van der Waals surface area contributed by atoms with Gasteiger partial charge < -0.3 is 9.84 Å². The molecule has 0 aliphatic carbocycles. The van der Waals surface area contributed by atoms with Crippen LogP contribution in [0.25, 0.3) is 0 Å². The maximum Gasteiger partial charge on any atom is 0.337 e. The van der Waals surface area contributed by atoms with Gasteiger partial charge in [0.25, 0.3) is 10.0 Å². The maximum atomic E-state index is 12.4. The van der Waals surface area contributed by atoms with Crippen molar-refractivity contribution in [2.24, 2.45) is 0 Å². The van der Waals surface area contributed by atoms with Crippen LogP contribution < -0.4 is 14.8 Å². The SMILES string of the molecule is COc1cc(I)nc(NC(=O)NS(=O)(=O)c2cc(C)ccc2C(=O)O)n1. The first-order chi connectivity index (χ1) is 12.1. The molecule has 1 aromatic heterocycles. The molecule has 0 saturated heterocycles. The Kier molecular flexibility index (Phi) is 5.97. The van der Waals surface area contributed by atoms with Crippen LogP contribution in [0.15, 0.2) is 29.2 Å². The lowest BCUT2D eigenvalue weighted by molar-refractivity contribution is 0.0692. The quantitative estimate of drug-likeness (QED) is 0.421. The Hall–Kier alpha value is -2.48. The minimum absolute atomic E-state index is 0.175. The van der Waals surface area contributed by atoms with E-state index in [2.05, 4.69) is 15.3 Å². The van der Waals surface area contributed by atoms with E-state index in [1.807, 2.05) is 22.6 Å². The minimum atomic E-state index is -4.44. The Labute approximate surface area is 162 Å². The Morgan fingerprint density at radius 3 is 2.54 bits per heavy atom. The van der Waals surface area contributed by atoms with Crippen LogP contribution in [0.2, 0.25) is 0 Å². The van der Waals surface area contributed by atoms with Crippen molar-refractivity contribution in [3.05, 3.63) is 39.1 Å². The average Bonchev–Trinajstić information content (AvgIpc) is 2.53. The highest BCUT2D eigenvalue weighted by Gasteiger charge is 2.25. The number of aromatic nitrogens is 2. The number of ether oxygens (including phenoxy) is 1. The number of carboxylic acid groups (broad SMARTS) is 1. The maximum absolute atomic E-state index is 12.4. The van der Waals surface area contributed by atoms with E-state index in [0.29, 0.717) is 9.26 Å². The van der Waals surface area contributed by atoms with E-state index in [9.17, 15) is 18.0 Å². The smallest absolute Gasteiger partial charge is 0.337 e. The number of aryl methyl sites for hydroxylation is 1. The molecule has 0 spiro atoms. The number of amides is 2. The van der Waals surface area contributed by atoms with Crippen molar-refractivity contribution in [2.75, 3.05) is 12.4 Å². The number of aromatic carboxylic acids is 1. The molecular weight excluding hydrogens is 479 g/mol. The molecule has 0 radical (unpaired) electrons. The molecule has 0 aliphatic heterocycles. The second-order valence-corrected chi connectivity index (χ2v) is 7.68. The summed E-state index contributed by atoms with van der Waals surface area (Å²) in [6.07, 6.45) is 0. The van der Waals surface area contributed by atoms with Crippen molar-refractivity contribution in [3.8, 4) is 5.88 Å². The van der Waals surface area contributed by atoms with Gasteiger partial charge in [-0.2, -0.15) is 4.98 Å². The number of hydrogen-bond acceptors (Lipinski definition) is 7. The molecule has 0 saturated carbocycles. The Bertz CT molecular complexity index is 979. The van der Waals surface area contributed by atoms with Gasteiger partial charge in [-0.05, 0) is 47.2 Å². The van der Waals surface area contributed by atoms with E-state index < -0.39 is 32.5 Å². The number of nitrogens with zero attached hydrogens (tertiary/aromatic N) is 2. The molecule has 138 valence electrons. The number of rotatable bonds is 5. The molecule has 1 aromatic carbocycles. The van der Waals surface area contributed by atoms with Crippen LogP contribution in [0.1, 0.15) is 15.9 Å². The van der Waals surface area contributed by atoms with Crippen LogP contribution >= 0.6 is 22.6 Å². The molecule has 0 aliphatic rings. The van der Waals surface area contributed by atoms with Gasteiger partial charge in [0.1, 0.15) is 8.60 Å². The lowest BCUT2D eigenvalue weighted by Crippen LogP contribution is -2.35. The van der Waals surface area contributed by atoms with E-state index in [0.717, 1.165) is 12.1 Å². The van der Waals surface area contributed by atoms with E-state index in [4.69, 9.17) is 9.84 Å². The predicted octanol–water partition coefficient (Wildman–Crippen LogP) is 1.61. The number of carboxylic acids is 1. The third-order valence-electron chi connectivity index (χ3n) is 2.99. The molecule has 12 heteroatoms. The molecule has 0 unspecified atom stereocenters. The highest BCUT2D eigenvalue weighted by atomic mass is 127. The summed E-state index contributed by atoms with van der Waals surface area (Å²) in [5.41, 5.74) is 0.0598. The molecule has 0 fully saturated rings. The predicted molar refractivity (Wildman–Crippen MR) is 98.8 cm³/mol. The van der Waals surface area contributed by atoms with Gasteiger partial charge in [0, 0.05) is 6.07 Å². The van der Waals surface area contributed by atoms with Gasteiger partial charge >= 0.3 is 12.0 Å². The summed E-state index contributed by atoms with van der Waals surface area (Å²) in [5, 5.41) is 11.3. The minimum Gasteiger partial charge on any atom is -0.481 e. The molecule has 0 atom stereocenters. The number of carbonyl (C=O) groups excluding carboxylic acids is 1. The van der Waals surface area contributed by atoms with Crippen molar-refractivity contribution in [1.29, 1.82) is 0 Å². The zero-order chi connectivity index (χ0) is 19.5. The van der Waals surface area contributed by atoms with Crippen molar-refractivity contribution >= 4 is 50.6 Å². The second kappa shape index (κ2) is 7.82. The molecule has 3 N–H and O–H groups in total. The number of methoxy groups -OCH3 is 1. The van der Waals surface area contributed by atoms with Crippen LogP contribution in [0.3, 0.4) is 0 Å². The summed E-state index contributed by atoms with van der Waals surface area (Å²) in [4.78, 5) is 30.5. The molecule has 0 bridgehead atoms. The van der Waals surface area contributed by atoms with Gasteiger partial charge in [0.15, 0.2) is 0 Å². The van der Waals surface area contributed by atoms with Gasteiger partial charge in [-0.15, -0.1) is 0 Å². The normalized spacial score (nSPS) is 10.9. The molecular formula is C14H13IN4O6S. The number of hydrogen-bond donors (Lipinski definition) is 3. The van der Waals surface area contributed by atoms with Gasteiger partial charge in [-0.1, -0.05) is 6.07 Å². The molecule has 26 heavy (non-hydrogen) atoms. The first kappa shape index (κ1) is 19.8. The molecule has 2 rings (SSSR count). The summed E-state index contributed by atoms with van der Waals surface area (Å²) < 4.78 is 31.9. The highest BCUT2D eigenvalue weighted by Crippen LogP contribution is 2.18. The summed E-state index contributed by atoms with van der Waals surface area (Å²) >= 11 is 1.87. The summed E-state index contributed by atoms with van der Waals surface area (Å²) in [6.45, 7) is 1.59. The third-order valence-corrected chi connectivity index (χ3v) is 4.91. The zero-order valence-electron chi connectivity index (χ0n) is 13.5. The molecule has 10 nitrogen and oxygen atoms in total. The first-order valence-corrected chi connectivity index (χ1v) is 9.45. The lowest BCUT2D eigenvalue weighted by atomic mass is 10.1. The van der Waals surface area contributed by atoms with Crippen LogP contribution in [0.5, 0.6) is 5.88 Å². The van der Waals surface area contributed by atoms with E-state index >= 15 is 0 Å². The largest absolute Gasteiger partial charge is 0.481 e. The number of sulfonamides is 1. The van der Waals surface area contributed by atoms with Crippen molar-refractivity contribution in [1.82, 2.24) is 14.7 Å². The Balaban J connectivity index is 2.27. The van der Waals surface area contributed by atoms with Crippen molar-refractivity contribution in [3.63, 3.8) is 0 Å². The Morgan fingerprint density at radius 2 is 1.92 bits per heavy atom. The third kappa shape index (κ3) is 4.78. The van der Waals surface area contributed by atoms with Crippen LogP contribution in [0, 0.1) is 10.6 Å². The van der Waals surface area contributed by atoms with Crippen molar-refractivity contribution in [2.45, 2.75) is 11.8 Å². The topological polar surface area (TPSA) is 148 Å². The van der Waals surface area contributed by atoms with Gasteiger partial charge in [0.2, 0.25) is 11.8 Å². The number of halogens is 1.